The van der Waals surface area contributed by atoms with Gasteiger partial charge in [-0.25, -0.2) is 0 Å². The fourth-order valence-electron chi connectivity index (χ4n) is 2.36. The molecule has 1 heterocycles. The van der Waals surface area contributed by atoms with Gasteiger partial charge in [-0.15, -0.1) is 0 Å². The van der Waals surface area contributed by atoms with Crippen LogP contribution in [0.4, 0.5) is 0 Å². The second-order valence-corrected chi connectivity index (χ2v) is 5.79. The molecule has 0 saturated carbocycles. The molecule has 0 N–H and O–H groups in total. The lowest BCUT2D eigenvalue weighted by molar-refractivity contribution is -0.150. The second-order valence-electron chi connectivity index (χ2n) is 4.87. The molecule has 4 nitrogen and oxygen atoms in total. The van der Waals surface area contributed by atoms with E-state index in [1.165, 1.54) is 7.11 Å². The van der Waals surface area contributed by atoms with Gasteiger partial charge in [-0.3, -0.25) is 9.59 Å². The molecule has 108 valence electrons. The number of rotatable bonds is 4. The van der Waals surface area contributed by atoms with Gasteiger partial charge in [0.1, 0.15) is 0 Å². The van der Waals surface area contributed by atoms with Crippen molar-refractivity contribution in [1.82, 2.24) is 0 Å². The van der Waals surface area contributed by atoms with E-state index in [4.69, 9.17) is 9.47 Å². The molecule has 1 aromatic carbocycles. The Bertz CT molecular complexity index is 483. The number of carbonyl (C=O) groups excluding carboxylic acids is 2. The van der Waals surface area contributed by atoms with Crippen molar-refractivity contribution in [3.63, 3.8) is 0 Å². The number of hydrogen-bond acceptors (Lipinski definition) is 4. The highest BCUT2D eigenvalue weighted by atomic mass is 79.9. The Hall–Kier alpha value is -1.20. The molecule has 0 bridgehead atoms. The van der Waals surface area contributed by atoms with Crippen LogP contribution in [-0.4, -0.2) is 31.6 Å². The smallest absolute Gasteiger partial charge is 0.308 e. The van der Waals surface area contributed by atoms with Crippen LogP contribution in [0.2, 0.25) is 0 Å². The van der Waals surface area contributed by atoms with E-state index in [2.05, 4.69) is 15.9 Å². The predicted molar refractivity (Wildman–Crippen MR) is 77.6 cm³/mol. The van der Waals surface area contributed by atoms with Crippen molar-refractivity contribution in [3.8, 4) is 0 Å². The van der Waals surface area contributed by atoms with E-state index in [1.807, 2.05) is 12.1 Å². The summed E-state index contributed by atoms with van der Waals surface area (Å²) in [5, 5.41) is 0. The summed E-state index contributed by atoms with van der Waals surface area (Å²) >= 11 is 3.34. The van der Waals surface area contributed by atoms with Crippen molar-refractivity contribution >= 4 is 27.7 Å². The van der Waals surface area contributed by atoms with E-state index in [0.717, 1.165) is 4.47 Å². The number of benzene rings is 1. The minimum atomic E-state index is -0.214. The van der Waals surface area contributed by atoms with Gasteiger partial charge in [0, 0.05) is 23.1 Å². The van der Waals surface area contributed by atoms with E-state index in [9.17, 15) is 9.59 Å². The first kappa shape index (κ1) is 15.2. The van der Waals surface area contributed by atoms with Gasteiger partial charge in [-0.05, 0) is 25.0 Å². The number of methoxy groups -OCH3 is 1. The lowest BCUT2D eigenvalue weighted by atomic mass is 9.92. The summed E-state index contributed by atoms with van der Waals surface area (Å²) in [6.07, 6.45) is 1.31. The maximum atomic E-state index is 12.2. The van der Waals surface area contributed by atoms with E-state index >= 15 is 0 Å². The molecule has 5 heteroatoms. The Morgan fingerprint density at radius 1 is 1.35 bits per heavy atom. The molecule has 20 heavy (non-hydrogen) atoms. The average Bonchev–Trinajstić information content (AvgIpc) is 2.47. The normalized spacial score (nSPS) is 22.3. The zero-order valence-corrected chi connectivity index (χ0v) is 12.9. The number of ketones is 1. The molecule has 2 unspecified atom stereocenters. The van der Waals surface area contributed by atoms with E-state index < -0.39 is 0 Å². The predicted octanol–water partition coefficient (Wildman–Crippen LogP) is 2.99. The Balaban J connectivity index is 1.94. The van der Waals surface area contributed by atoms with E-state index in [1.54, 1.807) is 12.1 Å². The quantitative estimate of drug-likeness (QED) is 0.624. The van der Waals surface area contributed by atoms with Crippen LogP contribution in [0.15, 0.2) is 28.7 Å². The average molecular weight is 341 g/mol. The lowest BCUT2D eigenvalue weighted by Gasteiger charge is -2.27. The van der Waals surface area contributed by atoms with Gasteiger partial charge >= 0.3 is 5.97 Å². The van der Waals surface area contributed by atoms with E-state index in [-0.39, 0.29) is 23.8 Å². The first-order chi connectivity index (χ1) is 9.60. The maximum absolute atomic E-state index is 12.2. The molecule has 1 aliphatic heterocycles. The van der Waals surface area contributed by atoms with Gasteiger partial charge in [0.15, 0.2) is 5.78 Å². The molecule has 2 atom stereocenters. The topological polar surface area (TPSA) is 52.6 Å². The van der Waals surface area contributed by atoms with Crippen LogP contribution in [0.1, 0.15) is 29.6 Å². The van der Waals surface area contributed by atoms with Crippen LogP contribution in [0, 0.1) is 5.92 Å². The number of esters is 1. The Morgan fingerprint density at radius 2 is 2.05 bits per heavy atom. The van der Waals surface area contributed by atoms with Crippen LogP contribution in [0.3, 0.4) is 0 Å². The summed E-state index contributed by atoms with van der Waals surface area (Å²) in [5.41, 5.74) is 0.664. The molecule has 0 amide bonds. The molecule has 1 aliphatic rings. The van der Waals surface area contributed by atoms with Crippen molar-refractivity contribution in [2.24, 2.45) is 5.92 Å². The van der Waals surface area contributed by atoms with Crippen LogP contribution in [0.5, 0.6) is 0 Å². The van der Waals surface area contributed by atoms with Gasteiger partial charge in [0.25, 0.3) is 0 Å². The summed E-state index contributed by atoms with van der Waals surface area (Å²) in [5.74, 6) is -0.334. The highest BCUT2D eigenvalue weighted by Crippen LogP contribution is 2.24. The molecule has 0 aliphatic carbocycles. The number of ether oxygens (including phenoxy) is 2. The Kier molecular flexibility index (Phi) is 5.31. The minimum Gasteiger partial charge on any atom is -0.469 e. The van der Waals surface area contributed by atoms with Crippen molar-refractivity contribution in [2.75, 3.05) is 13.7 Å². The summed E-state index contributed by atoms with van der Waals surface area (Å²) in [6, 6.07) is 7.25. The molecular weight excluding hydrogens is 324 g/mol. The fourth-order valence-corrected chi connectivity index (χ4v) is 2.63. The first-order valence-electron chi connectivity index (χ1n) is 6.58. The third-order valence-electron chi connectivity index (χ3n) is 3.48. The minimum absolute atomic E-state index is 0.0352. The fraction of sp³-hybridized carbons (Fsp3) is 0.467. The second kappa shape index (κ2) is 6.99. The van der Waals surface area contributed by atoms with Crippen molar-refractivity contribution < 1.29 is 19.1 Å². The maximum Gasteiger partial charge on any atom is 0.308 e. The molecule has 1 saturated heterocycles. The van der Waals surface area contributed by atoms with Gasteiger partial charge < -0.3 is 9.47 Å². The van der Waals surface area contributed by atoms with Crippen LogP contribution >= 0.6 is 15.9 Å². The molecule has 0 spiro atoms. The summed E-state index contributed by atoms with van der Waals surface area (Å²) < 4.78 is 11.3. The SMILES string of the molecule is COC(=O)C1CCOC(CC(=O)c2ccc(Br)cc2)C1. The van der Waals surface area contributed by atoms with Gasteiger partial charge in [0.05, 0.1) is 19.1 Å². The van der Waals surface area contributed by atoms with Crippen molar-refractivity contribution in [3.05, 3.63) is 34.3 Å². The van der Waals surface area contributed by atoms with E-state index in [0.29, 0.717) is 31.4 Å². The van der Waals surface area contributed by atoms with Crippen molar-refractivity contribution in [2.45, 2.75) is 25.4 Å². The first-order valence-corrected chi connectivity index (χ1v) is 7.37. The summed E-state index contributed by atoms with van der Waals surface area (Å²) in [7, 11) is 1.39. The zero-order valence-electron chi connectivity index (χ0n) is 11.3. The molecule has 2 rings (SSSR count). The standard InChI is InChI=1S/C15H17BrO4/c1-19-15(18)11-6-7-20-13(8-11)9-14(17)10-2-4-12(16)5-3-10/h2-5,11,13H,6-9H2,1H3. The number of Topliss-reactive ketones (excluding diaryl/α,β-unsaturated/α-hetero) is 1. The Labute approximate surface area is 126 Å². The number of carbonyl (C=O) groups is 2. The monoisotopic (exact) mass is 340 g/mol. The number of hydrogen-bond donors (Lipinski definition) is 0. The third kappa shape index (κ3) is 3.90. The molecule has 1 fully saturated rings. The Morgan fingerprint density at radius 3 is 2.70 bits per heavy atom. The highest BCUT2D eigenvalue weighted by Gasteiger charge is 2.29. The molecular formula is C15H17BrO4. The van der Waals surface area contributed by atoms with Gasteiger partial charge in [-0.1, -0.05) is 28.1 Å². The highest BCUT2D eigenvalue weighted by molar-refractivity contribution is 9.10. The van der Waals surface area contributed by atoms with Gasteiger partial charge in [-0.2, -0.15) is 0 Å². The zero-order chi connectivity index (χ0) is 14.5. The lowest BCUT2D eigenvalue weighted by Crippen LogP contribution is -2.32. The van der Waals surface area contributed by atoms with Crippen molar-refractivity contribution in [1.29, 1.82) is 0 Å². The summed E-state index contributed by atoms with van der Waals surface area (Å²) in [6.45, 7) is 0.498. The molecule has 0 radical (unpaired) electrons. The van der Waals surface area contributed by atoms with Gasteiger partial charge in [0.2, 0.25) is 0 Å². The van der Waals surface area contributed by atoms with Crippen LogP contribution in [-0.2, 0) is 14.3 Å². The molecule has 1 aromatic rings. The largest absolute Gasteiger partial charge is 0.469 e. The third-order valence-corrected chi connectivity index (χ3v) is 4.01. The molecule has 0 aromatic heterocycles. The van der Waals surface area contributed by atoms with Crippen LogP contribution < -0.4 is 0 Å². The number of halogens is 1. The van der Waals surface area contributed by atoms with Crippen LogP contribution in [0.25, 0.3) is 0 Å². The summed E-state index contributed by atoms with van der Waals surface area (Å²) in [4.78, 5) is 23.7.